The van der Waals surface area contributed by atoms with Crippen LogP contribution in [0, 0.1) is 0 Å². The second kappa shape index (κ2) is 5.15. The van der Waals surface area contributed by atoms with E-state index in [1.807, 2.05) is 13.8 Å². The summed E-state index contributed by atoms with van der Waals surface area (Å²) in [6.45, 7) is 6.08. The largest absolute Gasteiger partial charge is 0.392 e. The van der Waals surface area contributed by atoms with E-state index in [1.54, 1.807) is 0 Å². The van der Waals surface area contributed by atoms with Crippen molar-refractivity contribution < 1.29 is 8.42 Å². The Morgan fingerprint density at radius 3 is 2.12 bits per heavy atom. The second-order valence-corrected chi connectivity index (χ2v) is 6.83. The van der Waals surface area contributed by atoms with Gasteiger partial charge in [0.2, 0.25) is 0 Å². The summed E-state index contributed by atoms with van der Waals surface area (Å²) in [6.07, 6.45) is 0. The van der Waals surface area contributed by atoms with Gasteiger partial charge in [0, 0.05) is 33.2 Å². The van der Waals surface area contributed by atoms with E-state index in [0.29, 0.717) is 31.2 Å². The molecule has 0 unspecified atom stereocenters. The highest BCUT2D eigenvalue weighted by molar-refractivity contribution is 7.87. The molecule has 0 saturated carbocycles. The number of nitrogens with two attached hydrogens (primary N) is 1. The summed E-state index contributed by atoms with van der Waals surface area (Å²) in [5, 5.41) is 0. The Bertz CT molecular complexity index is 386. The predicted octanol–water partition coefficient (Wildman–Crippen LogP) is -0.867. The molecule has 17 heavy (non-hydrogen) atoms. The van der Waals surface area contributed by atoms with E-state index in [4.69, 9.17) is 18.0 Å². The summed E-state index contributed by atoms with van der Waals surface area (Å²) in [4.78, 5) is 2.54. The van der Waals surface area contributed by atoms with Gasteiger partial charge < -0.3 is 5.73 Å². The minimum absolute atomic E-state index is 0.370. The molecule has 6 nitrogen and oxygen atoms in total. The maximum atomic E-state index is 11.6. The molecular weight excluding hydrogens is 260 g/mol. The molecule has 1 aliphatic heterocycles. The summed E-state index contributed by atoms with van der Waals surface area (Å²) in [7, 11) is -1.90. The van der Waals surface area contributed by atoms with E-state index >= 15 is 0 Å². The highest BCUT2D eigenvalue weighted by atomic mass is 32.2. The van der Waals surface area contributed by atoms with Crippen LogP contribution in [0.3, 0.4) is 0 Å². The lowest BCUT2D eigenvalue weighted by Crippen LogP contribution is -2.60. The second-order valence-electron chi connectivity index (χ2n) is 4.52. The third-order valence-corrected chi connectivity index (χ3v) is 5.29. The Morgan fingerprint density at radius 1 is 1.29 bits per heavy atom. The number of thiocarbonyl (C=S) groups is 1. The van der Waals surface area contributed by atoms with Crippen molar-refractivity contribution in [3.8, 4) is 0 Å². The minimum Gasteiger partial charge on any atom is -0.392 e. The Hall–Kier alpha value is -0.280. The molecule has 100 valence electrons. The maximum Gasteiger partial charge on any atom is 0.279 e. The van der Waals surface area contributed by atoms with Crippen molar-refractivity contribution in [3.05, 3.63) is 0 Å². The smallest absolute Gasteiger partial charge is 0.279 e. The highest BCUT2D eigenvalue weighted by Gasteiger charge is 2.34. The number of rotatable bonds is 4. The predicted molar refractivity (Wildman–Crippen MR) is 72.0 cm³/mol. The first kappa shape index (κ1) is 14.8. The lowest BCUT2D eigenvalue weighted by Gasteiger charge is -2.42. The van der Waals surface area contributed by atoms with E-state index in [1.165, 1.54) is 11.4 Å². The van der Waals surface area contributed by atoms with Gasteiger partial charge in [-0.3, -0.25) is 4.90 Å². The molecule has 0 aromatic rings. The van der Waals surface area contributed by atoms with Gasteiger partial charge in [-0.15, -0.1) is 0 Å². The summed E-state index contributed by atoms with van der Waals surface area (Å²) in [5.41, 5.74) is 5.32. The van der Waals surface area contributed by atoms with Crippen LogP contribution in [0.2, 0.25) is 0 Å². The van der Waals surface area contributed by atoms with Gasteiger partial charge in [0.05, 0.1) is 10.5 Å². The number of hydrogen-bond acceptors (Lipinski definition) is 4. The van der Waals surface area contributed by atoms with Gasteiger partial charge in [-0.25, -0.2) is 4.72 Å². The molecule has 1 heterocycles. The number of piperazine rings is 1. The van der Waals surface area contributed by atoms with E-state index in [2.05, 4.69) is 9.62 Å². The average molecular weight is 280 g/mol. The van der Waals surface area contributed by atoms with Crippen molar-refractivity contribution in [1.29, 1.82) is 0 Å². The average Bonchev–Trinajstić information content (AvgIpc) is 2.29. The molecule has 0 aliphatic carbocycles. The molecule has 1 saturated heterocycles. The first-order valence-corrected chi connectivity index (χ1v) is 7.30. The molecule has 1 rings (SSSR count). The Balaban J connectivity index is 2.67. The van der Waals surface area contributed by atoms with Gasteiger partial charge in [0.25, 0.3) is 10.2 Å². The summed E-state index contributed by atoms with van der Waals surface area (Å²) >= 11 is 5.03. The zero-order chi connectivity index (χ0) is 13.3. The topological polar surface area (TPSA) is 78.7 Å². The van der Waals surface area contributed by atoms with Crippen LogP contribution >= 0.6 is 12.2 Å². The molecule has 0 spiro atoms. The number of nitrogens with one attached hydrogen (secondary N) is 1. The van der Waals surface area contributed by atoms with E-state index in [0.717, 1.165) is 0 Å². The van der Waals surface area contributed by atoms with Crippen LogP contribution < -0.4 is 10.5 Å². The first-order valence-electron chi connectivity index (χ1n) is 5.45. The van der Waals surface area contributed by atoms with Gasteiger partial charge in [-0.1, -0.05) is 12.2 Å². The van der Waals surface area contributed by atoms with Crippen LogP contribution in [0.25, 0.3) is 0 Å². The Morgan fingerprint density at radius 2 is 1.76 bits per heavy atom. The number of nitrogens with zero attached hydrogens (tertiary/aromatic N) is 2. The van der Waals surface area contributed by atoms with Crippen LogP contribution in [0.15, 0.2) is 0 Å². The third-order valence-electron chi connectivity index (χ3n) is 3.23. The zero-order valence-electron chi connectivity index (χ0n) is 10.4. The molecular formula is C9H20N4O2S2. The van der Waals surface area contributed by atoms with Gasteiger partial charge >= 0.3 is 0 Å². The molecule has 0 aromatic carbocycles. The molecule has 0 aromatic heterocycles. The first-order chi connectivity index (χ1) is 7.71. The Kier molecular flexibility index (Phi) is 4.48. The molecule has 0 atom stereocenters. The molecule has 3 N–H and O–H groups in total. The fourth-order valence-electron chi connectivity index (χ4n) is 1.77. The Labute approximate surface area is 108 Å². The van der Waals surface area contributed by atoms with Crippen LogP contribution in [-0.4, -0.2) is 61.4 Å². The van der Waals surface area contributed by atoms with Gasteiger partial charge in [0.15, 0.2) is 0 Å². The summed E-state index contributed by atoms with van der Waals surface area (Å²) in [5.74, 6) is 0. The van der Waals surface area contributed by atoms with E-state index in [-0.39, 0.29) is 5.54 Å². The van der Waals surface area contributed by atoms with Crippen molar-refractivity contribution in [2.24, 2.45) is 5.73 Å². The van der Waals surface area contributed by atoms with E-state index < -0.39 is 10.2 Å². The van der Waals surface area contributed by atoms with Crippen LogP contribution in [0.4, 0.5) is 0 Å². The number of hydrogen-bond donors (Lipinski definition) is 2. The SMILES string of the molecule is CNS(=O)(=O)N1CCN(C(C)(C)C(N)=S)CC1. The maximum absolute atomic E-state index is 11.6. The monoisotopic (exact) mass is 280 g/mol. The minimum atomic E-state index is -3.32. The summed E-state index contributed by atoms with van der Waals surface area (Å²) < 4.78 is 26.9. The quantitative estimate of drug-likeness (QED) is 0.655. The summed E-state index contributed by atoms with van der Waals surface area (Å²) in [6, 6.07) is 0. The van der Waals surface area contributed by atoms with Crippen molar-refractivity contribution in [1.82, 2.24) is 13.9 Å². The van der Waals surface area contributed by atoms with Gasteiger partial charge in [0.1, 0.15) is 0 Å². The standard InChI is InChI=1S/C9H20N4O2S2/c1-9(2,8(10)16)12-4-6-13(7-5-12)17(14,15)11-3/h11H,4-7H2,1-3H3,(H2,10,16). The normalized spacial score (nSPS) is 20.4. The van der Waals surface area contributed by atoms with Crippen molar-refractivity contribution >= 4 is 27.4 Å². The van der Waals surface area contributed by atoms with Gasteiger partial charge in [-0.2, -0.15) is 12.7 Å². The van der Waals surface area contributed by atoms with Crippen molar-refractivity contribution in [2.75, 3.05) is 33.2 Å². The molecule has 0 bridgehead atoms. The lowest BCUT2D eigenvalue weighted by atomic mass is 10.0. The molecule has 1 aliphatic rings. The van der Waals surface area contributed by atoms with Gasteiger partial charge in [-0.05, 0) is 13.8 Å². The highest BCUT2D eigenvalue weighted by Crippen LogP contribution is 2.18. The van der Waals surface area contributed by atoms with Crippen LogP contribution in [-0.2, 0) is 10.2 Å². The van der Waals surface area contributed by atoms with Crippen LogP contribution in [0.5, 0.6) is 0 Å². The zero-order valence-corrected chi connectivity index (χ0v) is 12.1. The van der Waals surface area contributed by atoms with E-state index in [9.17, 15) is 8.42 Å². The lowest BCUT2D eigenvalue weighted by molar-refractivity contribution is 0.123. The fourth-order valence-corrected chi connectivity index (χ4v) is 2.80. The fraction of sp³-hybridized carbons (Fsp3) is 0.889. The van der Waals surface area contributed by atoms with Crippen molar-refractivity contribution in [2.45, 2.75) is 19.4 Å². The third kappa shape index (κ3) is 3.14. The molecule has 1 fully saturated rings. The molecule has 8 heteroatoms. The molecule has 0 amide bonds. The molecule has 0 radical (unpaired) electrons. The van der Waals surface area contributed by atoms with Crippen LogP contribution in [0.1, 0.15) is 13.8 Å². The van der Waals surface area contributed by atoms with Crippen molar-refractivity contribution in [3.63, 3.8) is 0 Å².